The average molecular weight is 174 g/mol. The van der Waals surface area contributed by atoms with Crippen LogP contribution in [0.2, 0.25) is 5.22 Å². The summed E-state index contributed by atoms with van der Waals surface area (Å²) in [6, 6.07) is 2.47. The lowest BCUT2D eigenvalue weighted by molar-refractivity contribution is 0.0941. The van der Waals surface area contributed by atoms with Gasteiger partial charge < -0.3 is 10.2 Å². The molecule has 2 N–H and O–H groups in total. The monoisotopic (exact) mass is 173 g/mol. The average Bonchev–Trinajstić information content (AvgIpc) is 2.34. The Morgan fingerprint density at radius 3 is 2.73 bits per heavy atom. The molecule has 0 aliphatic heterocycles. The molecule has 1 aromatic rings. The molecule has 1 rings (SSSR count). The minimum atomic E-state index is -0.544. The van der Waals surface area contributed by atoms with E-state index in [1.54, 1.807) is 6.92 Å². The van der Waals surface area contributed by atoms with E-state index >= 15 is 0 Å². The van der Waals surface area contributed by atoms with Crippen LogP contribution >= 0.6 is 11.6 Å². The van der Waals surface area contributed by atoms with Gasteiger partial charge in [0.2, 0.25) is 5.78 Å². The molecule has 0 aromatic carbocycles. The molecule has 0 bridgehead atoms. The summed E-state index contributed by atoms with van der Waals surface area (Å²) in [7, 11) is 0. The van der Waals surface area contributed by atoms with Crippen molar-refractivity contribution in [3.8, 4) is 0 Å². The molecule has 0 saturated carbocycles. The van der Waals surface area contributed by atoms with Crippen LogP contribution in [0.5, 0.6) is 0 Å². The first-order chi connectivity index (χ1) is 5.11. The van der Waals surface area contributed by atoms with E-state index in [0.29, 0.717) is 0 Å². The summed E-state index contributed by atoms with van der Waals surface area (Å²) >= 11 is 5.45. The number of hydrogen-bond acceptors (Lipinski definition) is 3. The second-order valence-corrected chi connectivity index (χ2v) is 2.63. The Kier molecular flexibility index (Phi) is 2.31. The first kappa shape index (κ1) is 8.30. The van der Waals surface area contributed by atoms with Gasteiger partial charge in [-0.25, -0.2) is 0 Å². The van der Waals surface area contributed by atoms with E-state index in [1.807, 2.05) is 0 Å². The first-order valence-corrected chi connectivity index (χ1v) is 3.54. The first-order valence-electron chi connectivity index (χ1n) is 3.16. The summed E-state index contributed by atoms with van der Waals surface area (Å²) in [6.45, 7) is 1.60. The molecule has 0 radical (unpaired) electrons. The van der Waals surface area contributed by atoms with Gasteiger partial charge in [-0.3, -0.25) is 4.79 Å². The fourth-order valence-electron chi connectivity index (χ4n) is 0.671. The third-order valence-electron chi connectivity index (χ3n) is 1.23. The normalized spacial score (nSPS) is 13.0. The zero-order chi connectivity index (χ0) is 8.43. The molecule has 0 saturated heterocycles. The number of carbonyl (C=O) groups excluding carboxylic acids is 1. The number of ketones is 1. The zero-order valence-electron chi connectivity index (χ0n) is 6.00. The molecular formula is C7H8ClNO2. The SMILES string of the molecule is CC(N)C(=O)c1ccc(Cl)o1. The minimum absolute atomic E-state index is 0.203. The Balaban J connectivity index is 2.85. The molecule has 11 heavy (non-hydrogen) atoms. The summed E-state index contributed by atoms with van der Waals surface area (Å²) in [5.41, 5.74) is 5.32. The third kappa shape index (κ3) is 1.82. The highest BCUT2D eigenvalue weighted by Gasteiger charge is 2.14. The van der Waals surface area contributed by atoms with Gasteiger partial charge in [0.15, 0.2) is 11.0 Å². The Bertz CT molecular complexity index is 267. The molecule has 60 valence electrons. The molecule has 0 spiro atoms. The van der Waals surface area contributed by atoms with Crippen molar-refractivity contribution < 1.29 is 9.21 Å². The van der Waals surface area contributed by atoms with Crippen LogP contribution in [0.3, 0.4) is 0 Å². The van der Waals surface area contributed by atoms with E-state index in [-0.39, 0.29) is 16.8 Å². The van der Waals surface area contributed by atoms with Crippen LogP contribution in [0.4, 0.5) is 0 Å². The van der Waals surface area contributed by atoms with Crippen molar-refractivity contribution in [3.63, 3.8) is 0 Å². The maximum Gasteiger partial charge on any atom is 0.214 e. The number of rotatable bonds is 2. The Morgan fingerprint density at radius 2 is 2.36 bits per heavy atom. The molecule has 1 heterocycles. The summed E-state index contributed by atoms with van der Waals surface area (Å²) in [6.07, 6.45) is 0. The van der Waals surface area contributed by atoms with Crippen LogP contribution < -0.4 is 5.73 Å². The smallest absolute Gasteiger partial charge is 0.214 e. The summed E-state index contributed by atoms with van der Waals surface area (Å²) in [5.74, 6) is -0.0260. The van der Waals surface area contributed by atoms with Gasteiger partial charge in [-0.15, -0.1) is 0 Å². The van der Waals surface area contributed by atoms with Crippen molar-refractivity contribution in [2.75, 3.05) is 0 Å². The minimum Gasteiger partial charge on any atom is -0.442 e. The third-order valence-corrected chi connectivity index (χ3v) is 1.43. The van der Waals surface area contributed by atoms with Gasteiger partial charge in [0.05, 0.1) is 6.04 Å². The van der Waals surface area contributed by atoms with Gasteiger partial charge in [-0.2, -0.15) is 0 Å². The lowest BCUT2D eigenvalue weighted by Gasteiger charge is -1.98. The second-order valence-electron chi connectivity index (χ2n) is 2.26. The maximum absolute atomic E-state index is 11.1. The highest BCUT2D eigenvalue weighted by atomic mass is 35.5. The summed E-state index contributed by atoms with van der Waals surface area (Å²) in [4.78, 5) is 11.1. The van der Waals surface area contributed by atoms with E-state index in [1.165, 1.54) is 12.1 Å². The van der Waals surface area contributed by atoms with Crippen LogP contribution in [0, 0.1) is 0 Å². The molecule has 1 unspecified atom stereocenters. The number of Topliss-reactive ketones (excluding diaryl/α,β-unsaturated/α-hetero) is 1. The largest absolute Gasteiger partial charge is 0.442 e. The fraction of sp³-hybridized carbons (Fsp3) is 0.286. The van der Waals surface area contributed by atoms with Gasteiger partial charge in [-0.1, -0.05) is 0 Å². The van der Waals surface area contributed by atoms with Crippen molar-refractivity contribution >= 4 is 17.4 Å². The molecular weight excluding hydrogens is 166 g/mol. The van der Waals surface area contributed by atoms with Crippen LogP contribution in [0.1, 0.15) is 17.5 Å². The number of halogens is 1. The standard InChI is InChI=1S/C7H8ClNO2/c1-4(9)7(10)5-2-3-6(8)11-5/h2-4H,9H2,1H3. The highest BCUT2D eigenvalue weighted by Crippen LogP contribution is 2.13. The molecule has 1 atom stereocenters. The summed E-state index contributed by atoms with van der Waals surface area (Å²) in [5, 5.41) is 0.203. The fourth-order valence-corrected chi connectivity index (χ4v) is 0.817. The number of furan rings is 1. The lowest BCUT2D eigenvalue weighted by Crippen LogP contribution is -2.26. The van der Waals surface area contributed by atoms with E-state index < -0.39 is 6.04 Å². The Labute approximate surface area is 69.1 Å². The van der Waals surface area contributed by atoms with Crippen LogP contribution in [0.15, 0.2) is 16.5 Å². The van der Waals surface area contributed by atoms with Gasteiger partial charge in [0.25, 0.3) is 0 Å². The van der Waals surface area contributed by atoms with Gasteiger partial charge in [0, 0.05) is 0 Å². The lowest BCUT2D eigenvalue weighted by atomic mass is 10.2. The number of carbonyl (C=O) groups is 1. The van der Waals surface area contributed by atoms with Crippen LogP contribution in [-0.2, 0) is 0 Å². The van der Waals surface area contributed by atoms with Crippen LogP contribution in [-0.4, -0.2) is 11.8 Å². The Morgan fingerprint density at radius 1 is 1.73 bits per heavy atom. The van der Waals surface area contributed by atoms with Crippen molar-refractivity contribution in [1.82, 2.24) is 0 Å². The van der Waals surface area contributed by atoms with Gasteiger partial charge in [-0.05, 0) is 30.7 Å². The molecule has 3 nitrogen and oxygen atoms in total. The molecule has 0 amide bonds. The molecule has 0 aliphatic carbocycles. The summed E-state index contributed by atoms with van der Waals surface area (Å²) < 4.78 is 4.84. The Hall–Kier alpha value is -0.800. The maximum atomic E-state index is 11.1. The number of hydrogen-bond donors (Lipinski definition) is 1. The molecule has 0 fully saturated rings. The van der Waals surface area contributed by atoms with Crippen LogP contribution in [0.25, 0.3) is 0 Å². The van der Waals surface area contributed by atoms with E-state index in [4.69, 9.17) is 21.8 Å². The van der Waals surface area contributed by atoms with Crippen molar-refractivity contribution in [1.29, 1.82) is 0 Å². The molecule has 1 aromatic heterocycles. The number of nitrogens with two attached hydrogens (primary N) is 1. The van der Waals surface area contributed by atoms with E-state index in [9.17, 15) is 4.79 Å². The van der Waals surface area contributed by atoms with E-state index in [2.05, 4.69) is 0 Å². The predicted octanol–water partition coefficient (Wildman–Crippen LogP) is 1.46. The topological polar surface area (TPSA) is 56.2 Å². The second kappa shape index (κ2) is 3.07. The predicted molar refractivity (Wildman–Crippen MR) is 41.7 cm³/mol. The van der Waals surface area contributed by atoms with Gasteiger partial charge in [0.1, 0.15) is 0 Å². The van der Waals surface area contributed by atoms with Crippen molar-refractivity contribution in [2.24, 2.45) is 5.73 Å². The van der Waals surface area contributed by atoms with Gasteiger partial charge >= 0.3 is 0 Å². The van der Waals surface area contributed by atoms with Crippen molar-refractivity contribution in [3.05, 3.63) is 23.1 Å². The quantitative estimate of drug-likeness (QED) is 0.689. The van der Waals surface area contributed by atoms with E-state index in [0.717, 1.165) is 0 Å². The highest BCUT2D eigenvalue weighted by molar-refractivity contribution is 6.29. The molecule has 0 aliphatic rings. The van der Waals surface area contributed by atoms with Crippen molar-refractivity contribution in [2.45, 2.75) is 13.0 Å². The zero-order valence-corrected chi connectivity index (χ0v) is 6.76. The molecule has 4 heteroatoms.